The van der Waals surface area contributed by atoms with E-state index in [1.807, 2.05) is 13.0 Å². The van der Waals surface area contributed by atoms with Crippen LogP contribution < -0.4 is 0 Å². The molecule has 0 N–H and O–H groups in total. The third-order valence-corrected chi connectivity index (χ3v) is 4.31. The van der Waals surface area contributed by atoms with E-state index in [0.717, 1.165) is 27.7 Å². The molecule has 1 rings (SSSR count). The van der Waals surface area contributed by atoms with Gasteiger partial charge in [0.25, 0.3) is 0 Å². The smallest absolute Gasteiger partial charge is 0.345 e. The van der Waals surface area contributed by atoms with Crippen molar-refractivity contribution in [3.8, 4) is 0 Å². The molecule has 2 nitrogen and oxygen atoms in total. The second-order valence-corrected chi connectivity index (χ2v) is 5.16. The molecular formula is C11H16O2S2. The summed E-state index contributed by atoms with van der Waals surface area (Å²) in [7, 11) is 0. The number of hydrogen-bond acceptors (Lipinski definition) is 4. The molecule has 0 saturated heterocycles. The molecule has 0 aromatic heterocycles. The molecule has 15 heavy (non-hydrogen) atoms. The lowest BCUT2D eigenvalue weighted by molar-refractivity contribution is -0.137. The van der Waals surface area contributed by atoms with Gasteiger partial charge >= 0.3 is 5.97 Å². The van der Waals surface area contributed by atoms with E-state index in [1.165, 1.54) is 0 Å². The molecular weight excluding hydrogens is 228 g/mol. The molecule has 1 aliphatic heterocycles. The van der Waals surface area contributed by atoms with Gasteiger partial charge in [0, 0.05) is 16.4 Å². The van der Waals surface area contributed by atoms with Crippen LogP contribution in [0.15, 0.2) is 22.0 Å². The Hall–Kier alpha value is -0.350. The molecule has 0 amide bonds. The van der Waals surface area contributed by atoms with Crippen molar-refractivity contribution in [3.05, 3.63) is 22.0 Å². The molecule has 0 atom stereocenters. The minimum absolute atomic E-state index is 0.176. The normalized spacial score (nSPS) is 17.2. The molecule has 0 spiro atoms. The van der Waals surface area contributed by atoms with Gasteiger partial charge < -0.3 is 4.74 Å². The second kappa shape index (κ2) is 7.01. The largest absolute Gasteiger partial charge is 0.462 e. The summed E-state index contributed by atoms with van der Waals surface area (Å²) >= 11 is 3.34. The lowest BCUT2D eigenvalue weighted by Crippen LogP contribution is -2.10. The molecule has 1 aliphatic rings. The van der Waals surface area contributed by atoms with Crippen molar-refractivity contribution in [2.45, 2.75) is 20.3 Å². The van der Waals surface area contributed by atoms with Crippen molar-refractivity contribution >= 4 is 29.5 Å². The Bertz CT molecular complexity index is 282. The van der Waals surface area contributed by atoms with Gasteiger partial charge in [-0.15, -0.1) is 23.5 Å². The number of thioether (sulfide) groups is 2. The zero-order valence-corrected chi connectivity index (χ0v) is 10.7. The SMILES string of the molecule is CCC=CC1=C(C(=O)OCC)SCCS1. The summed E-state index contributed by atoms with van der Waals surface area (Å²) in [6, 6.07) is 0. The summed E-state index contributed by atoms with van der Waals surface area (Å²) in [5.74, 6) is 1.88. The van der Waals surface area contributed by atoms with Crippen LogP contribution in [0.3, 0.4) is 0 Å². The molecule has 0 saturated carbocycles. The maximum absolute atomic E-state index is 11.6. The maximum atomic E-state index is 11.6. The van der Waals surface area contributed by atoms with E-state index in [2.05, 4.69) is 13.0 Å². The van der Waals surface area contributed by atoms with Crippen LogP contribution in [0.1, 0.15) is 20.3 Å². The molecule has 1 heterocycles. The highest BCUT2D eigenvalue weighted by Crippen LogP contribution is 2.35. The molecule has 0 bridgehead atoms. The van der Waals surface area contributed by atoms with Crippen molar-refractivity contribution in [2.75, 3.05) is 18.1 Å². The lowest BCUT2D eigenvalue weighted by Gasteiger charge is -2.15. The molecule has 4 heteroatoms. The number of hydrogen-bond donors (Lipinski definition) is 0. The van der Waals surface area contributed by atoms with E-state index in [4.69, 9.17) is 4.74 Å². The Morgan fingerprint density at radius 3 is 2.80 bits per heavy atom. The van der Waals surface area contributed by atoms with Gasteiger partial charge in [0.1, 0.15) is 4.91 Å². The summed E-state index contributed by atoms with van der Waals surface area (Å²) in [6.45, 7) is 4.36. The van der Waals surface area contributed by atoms with E-state index in [1.54, 1.807) is 23.5 Å². The maximum Gasteiger partial charge on any atom is 0.345 e. The van der Waals surface area contributed by atoms with Crippen molar-refractivity contribution < 1.29 is 9.53 Å². The third kappa shape index (κ3) is 3.95. The first kappa shape index (κ1) is 12.7. The summed E-state index contributed by atoms with van der Waals surface area (Å²) in [6.07, 6.45) is 5.10. The molecule has 84 valence electrons. The Morgan fingerprint density at radius 2 is 2.13 bits per heavy atom. The fourth-order valence-electron chi connectivity index (χ4n) is 1.14. The van der Waals surface area contributed by atoms with Crippen LogP contribution in [0.4, 0.5) is 0 Å². The Kier molecular flexibility index (Phi) is 5.95. The van der Waals surface area contributed by atoms with Gasteiger partial charge in [0.2, 0.25) is 0 Å². The van der Waals surface area contributed by atoms with Gasteiger partial charge in [-0.2, -0.15) is 0 Å². The van der Waals surface area contributed by atoms with E-state index in [9.17, 15) is 4.79 Å². The number of carbonyl (C=O) groups is 1. The van der Waals surface area contributed by atoms with Gasteiger partial charge in [-0.1, -0.05) is 19.1 Å². The van der Waals surface area contributed by atoms with Crippen molar-refractivity contribution in [3.63, 3.8) is 0 Å². The van der Waals surface area contributed by atoms with Crippen LogP contribution in [0.2, 0.25) is 0 Å². The highest BCUT2D eigenvalue weighted by molar-refractivity contribution is 8.10. The molecule has 0 unspecified atom stereocenters. The van der Waals surface area contributed by atoms with Gasteiger partial charge in [-0.25, -0.2) is 4.79 Å². The van der Waals surface area contributed by atoms with Crippen molar-refractivity contribution in [1.29, 1.82) is 0 Å². The molecule has 0 aromatic rings. The lowest BCUT2D eigenvalue weighted by atomic mass is 10.4. The fourth-order valence-corrected chi connectivity index (χ4v) is 3.38. The predicted molar refractivity (Wildman–Crippen MR) is 68.0 cm³/mol. The van der Waals surface area contributed by atoms with Gasteiger partial charge in [0.05, 0.1) is 6.61 Å². The van der Waals surface area contributed by atoms with Gasteiger partial charge in [0.15, 0.2) is 0 Å². The van der Waals surface area contributed by atoms with E-state index >= 15 is 0 Å². The minimum atomic E-state index is -0.176. The summed E-state index contributed by atoms with van der Waals surface area (Å²) in [5.41, 5.74) is 0. The third-order valence-electron chi connectivity index (χ3n) is 1.78. The zero-order valence-electron chi connectivity index (χ0n) is 9.12. The quantitative estimate of drug-likeness (QED) is 0.709. The second-order valence-electron chi connectivity index (χ2n) is 2.92. The van der Waals surface area contributed by atoms with Crippen molar-refractivity contribution in [1.82, 2.24) is 0 Å². The van der Waals surface area contributed by atoms with Gasteiger partial charge in [-0.05, 0) is 13.3 Å². The number of rotatable bonds is 4. The Balaban J connectivity index is 2.80. The van der Waals surface area contributed by atoms with E-state index < -0.39 is 0 Å². The van der Waals surface area contributed by atoms with Crippen LogP contribution in [0, 0.1) is 0 Å². The summed E-state index contributed by atoms with van der Waals surface area (Å²) in [4.78, 5) is 13.5. The first-order valence-electron chi connectivity index (χ1n) is 5.13. The van der Waals surface area contributed by atoms with Crippen molar-refractivity contribution in [2.24, 2.45) is 0 Å². The number of esters is 1. The first-order valence-corrected chi connectivity index (χ1v) is 7.10. The first-order chi connectivity index (χ1) is 7.29. The molecule has 0 aromatic carbocycles. The van der Waals surface area contributed by atoms with E-state index in [0.29, 0.717) is 6.61 Å². The van der Waals surface area contributed by atoms with Crippen LogP contribution in [0.5, 0.6) is 0 Å². The standard InChI is InChI=1S/C11H16O2S2/c1-3-5-6-9-10(11(12)13-4-2)15-8-7-14-9/h5-6H,3-4,7-8H2,1-2H3. The average Bonchev–Trinajstić information content (AvgIpc) is 2.27. The number of carbonyl (C=O) groups excluding carboxylic acids is 1. The van der Waals surface area contributed by atoms with Crippen LogP contribution in [0.25, 0.3) is 0 Å². The minimum Gasteiger partial charge on any atom is -0.462 e. The number of ether oxygens (including phenoxy) is 1. The summed E-state index contributed by atoms with van der Waals surface area (Å²) in [5, 5.41) is 0. The molecule has 0 fully saturated rings. The zero-order chi connectivity index (χ0) is 11.1. The number of allylic oxidation sites excluding steroid dienone is 2. The van der Waals surface area contributed by atoms with Crippen LogP contribution >= 0.6 is 23.5 Å². The molecule has 0 radical (unpaired) electrons. The highest BCUT2D eigenvalue weighted by Gasteiger charge is 2.19. The predicted octanol–water partition coefficient (Wildman–Crippen LogP) is 3.21. The molecule has 0 aliphatic carbocycles. The topological polar surface area (TPSA) is 26.3 Å². The average molecular weight is 244 g/mol. The van der Waals surface area contributed by atoms with Crippen LogP contribution in [-0.4, -0.2) is 24.1 Å². The van der Waals surface area contributed by atoms with E-state index in [-0.39, 0.29) is 5.97 Å². The van der Waals surface area contributed by atoms with Gasteiger partial charge in [-0.3, -0.25) is 0 Å². The highest BCUT2D eigenvalue weighted by atomic mass is 32.2. The Labute approximate surface area is 99.5 Å². The summed E-state index contributed by atoms with van der Waals surface area (Å²) < 4.78 is 5.03. The monoisotopic (exact) mass is 244 g/mol. The van der Waals surface area contributed by atoms with Crippen LogP contribution in [-0.2, 0) is 9.53 Å². The fraction of sp³-hybridized carbons (Fsp3) is 0.545. The Morgan fingerprint density at radius 1 is 1.40 bits per heavy atom.